The second-order valence-corrected chi connectivity index (χ2v) is 6.89. The van der Waals surface area contributed by atoms with Gasteiger partial charge in [0.15, 0.2) is 0 Å². The van der Waals surface area contributed by atoms with Crippen molar-refractivity contribution < 1.29 is 9.84 Å². The van der Waals surface area contributed by atoms with Crippen LogP contribution in [-0.2, 0) is 13.0 Å². The maximum atomic E-state index is 10.6. The second-order valence-electron chi connectivity index (χ2n) is 6.89. The summed E-state index contributed by atoms with van der Waals surface area (Å²) in [5.41, 5.74) is 3.41. The zero-order valence-corrected chi connectivity index (χ0v) is 14.0. The number of rotatable bonds is 4. The molecule has 1 aliphatic carbocycles. The summed E-state index contributed by atoms with van der Waals surface area (Å²) in [6.45, 7) is 5.07. The smallest absolute Gasteiger partial charge is 0.123 e. The Hall–Kier alpha value is -1.80. The highest BCUT2D eigenvalue weighted by Gasteiger charge is 2.26. The van der Waals surface area contributed by atoms with Gasteiger partial charge in [-0.25, -0.2) is 0 Å². The third-order valence-corrected chi connectivity index (χ3v) is 5.00. The fourth-order valence-corrected chi connectivity index (χ4v) is 3.50. The van der Waals surface area contributed by atoms with Crippen molar-refractivity contribution in [3.05, 3.63) is 65.2 Å². The van der Waals surface area contributed by atoms with Gasteiger partial charge in [-0.3, -0.25) is 0 Å². The molecule has 122 valence electrons. The Balaban J connectivity index is 1.80. The quantitative estimate of drug-likeness (QED) is 0.813. The van der Waals surface area contributed by atoms with E-state index in [1.54, 1.807) is 0 Å². The maximum Gasteiger partial charge on any atom is 0.123 e. The Morgan fingerprint density at radius 3 is 2.61 bits per heavy atom. The zero-order chi connectivity index (χ0) is 16.2. The SMILES string of the molecule is CC(C)C1CCc2c(OCc3ccccc3)cccc2C(O)C1. The highest BCUT2D eigenvalue weighted by molar-refractivity contribution is 5.42. The second kappa shape index (κ2) is 7.18. The molecule has 0 saturated heterocycles. The predicted octanol–water partition coefficient (Wildman–Crippen LogP) is 4.91. The first-order valence-corrected chi connectivity index (χ1v) is 8.61. The van der Waals surface area contributed by atoms with Gasteiger partial charge in [0, 0.05) is 0 Å². The Labute approximate surface area is 139 Å². The normalized spacial score (nSPS) is 20.9. The van der Waals surface area contributed by atoms with E-state index in [2.05, 4.69) is 32.0 Å². The number of aliphatic hydroxyl groups excluding tert-OH is 1. The molecule has 0 spiro atoms. The van der Waals surface area contributed by atoms with Gasteiger partial charge < -0.3 is 9.84 Å². The summed E-state index contributed by atoms with van der Waals surface area (Å²) < 4.78 is 6.08. The fourth-order valence-electron chi connectivity index (χ4n) is 3.50. The molecular formula is C21H26O2. The average Bonchev–Trinajstić information content (AvgIpc) is 2.74. The first-order chi connectivity index (χ1) is 11.1. The van der Waals surface area contributed by atoms with Gasteiger partial charge >= 0.3 is 0 Å². The van der Waals surface area contributed by atoms with Crippen LogP contribution in [0, 0.1) is 11.8 Å². The number of ether oxygens (including phenoxy) is 1. The van der Waals surface area contributed by atoms with Crippen molar-refractivity contribution in [2.45, 2.75) is 45.8 Å². The molecule has 0 heterocycles. The van der Waals surface area contributed by atoms with Gasteiger partial charge in [-0.2, -0.15) is 0 Å². The minimum atomic E-state index is -0.375. The number of hydrogen-bond acceptors (Lipinski definition) is 2. The Morgan fingerprint density at radius 2 is 1.87 bits per heavy atom. The van der Waals surface area contributed by atoms with Crippen molar-refractivity contribution in [3.63, 3.8) is 0 Å². The van der Waals surface area contributed by atoms with Crippen LogP contribution in [-0.4, -0.2) is 5.11 Å². The molecule has 0 fully saturated rings. The molecule has 23 heavy (non-hydrogen) atoms. The topological polar surface area (TPSA) is 29.5 Å². The molecular weight excluding hydrogens is 284 g/mol. The Kier molecular flexibility index (Phi) is 5.02. The van der Waals surface area contributed by atoms with Crippen LogP contribution in [0.3, 0.4) is 0 Å². The van der Waals surface area contributed by atoms with E-state index in [1.807, 2.05) is 30.3 Å². The third-order valence-electron chi connectivity index (χ3n) is 5.00. The molecule has 2 atom stereocenters. The van der Waals surface area contributed by atoms with Crippen LogP contribution >= 0.6 is 0 Å². The lowest BCUT2D eigenvalue weighted by Crippen LogP contribution is -2.11. The first kappa shape index (κ1) is 16.1. The van der Waals surface area contributed by atoms with Crippen LogP contribution in [0.5, 0.6) is 5.75 Å². The van der Waals surface area contributed by atoms with Gasteiger partial charge in [0.25, 0.3) is 0 Å². The lowest BCUT2D eigenvalue weighted by Gasteiger charge is -2.20. The van der Waals surface area contributed by atoms with Gasteiger partial charge in [0.1, 0.15) is 12.4 Å². The number of benzene rings is 2. The Bertz CT molecular complexity index is 634. The highest BCUT2D eigenvalue weighted by Crippen LogP contribution is 2.38. The molecule has 0 amide bonds. The molecule has 2 unspecified atom stereocenters. The summed E-state index contributed by atoms with van der Waals surface area (Å²) in [5, 5.41) is 10.6. The molecule has 0 radical (unpaired) electrons. The van der Waals surface area contributed by atoms with E-state index >= 15 is 0 Å². The van der Waals surface area contributed by atoms with Crippen molar-refractivity contribution in [3.8, 4) is 5.75 Å². The van der Waals surface area contributed by atoms with E-state index < -0.39 is 0 Å². The van der Waals surface area contributed by atoms with E-state index in [0.717, 1.165) is 30.6 Å². The molecule has 2 heteroatoms. The van der Waals surface area contributed by atoms with Crippen LogP contribution in [0.4, 0.5) is 0 Å². The zero-order valence-electron chi connectivity index (χ0n) is 14.0. The molecule has 0 aromatic heterocycles. The Morgan fingerprint density at radius 1 is 1.09 bits per heavy atom. The summed E-state index contributed by atoms with van der Waals surface area (Å²) in [4.78, 5) is 0. The van der Waals surface area contributed by atoms with E-state index in [0.29, 0.717) is 18.4 Å². The van der Waals surface area contributed by atoms with Crippen LogP contribution in [0.1, 0.15) is 49.5 Å². The summed E-state index contributed by atoms with van der Waals surface area (Å²) in [6.07, 6.45) is 2.58. The van der Waals surface area contributed by atoms with E-state index in [-0.39, 0.29) is 6.10 Å². The summed E-state index contributed by atoms with van der Waals surface area (Å²) in [6, 6.07) is 16.3. The average molecular weight is 310 g/mol. The maximum absolute atomic E-state index is 10.6. The molecule has 2 aromatic carbocycles. The number of aliphatic hydroxyl groups is 1. The van der Waals surface area contributed by atoms with E-state index in [4.69, 9.17) is 4.74 Å². The molecule has 0 saturated carbocycles. The van der Waals surface area contributed by atoms with E-state index in [9.17, 15) is 5.11 Å². The lowest BCUT2D eigenvalue weighted by atomic mass is 9.88. The largest absolute Gasteiger partial charge is 0.489 e. The van der Waals surface area contributed by atoms with Crippen LogP contribution < -0.4 is 4.74 Å². The molecule has 2 nitrogen and oxygen atoms in total. The standard InChI is InChI=1S/C21H26O2/c1-15(2)17-11-12-19-18(20(22)13-17)9-6-10-21(19)23-14-16-7-4-3-5-8-16/h3-10,15,17,20,22H,11-14H2,1-2H3. The molecule has 2 aromatic rings. The minimum Gasteiger partial charge on any atom is -0.489 e. The van der Waals surface area contributed by atoms with Crippen molar-refractivity contribution in [2.75, 3.05) is 0 Å². The minimum absolute atomic E-state index is 0.375. The molecule has 3 rings (SSSR count). The van der Waals surface area contributed by atoms with Crippen molar-refractivity contribution >= 4 is 0 Å². The van der Waals surface area contributed by atoms with Crippen molar-refractivity contribution in [1.29, 1.82) is 0 Å². The first-order valence-electron chi connectivity index (χ1n) is 8.61. The van der Waals surface area contributed by atoms with Crippen LogP contribution in [0.2, 0.25) is 0 Å². The monoisotopic (exact) mass is 310 g/mol. The van der Waals surface area contributed by atoms with E-state index in [1.165, 1.54) is 11.1 Å². The predicted molar refractivity (Wildman–Crippen MR) is 93.4 cm³/mol. The van der Waals surface area contributed by atoms with Gasteiger partial charge in [-0.15, -0.1) is 0 Å². The summed E-state index contributed by atoms with van der Waals surface area (Å²) >= 11 is 0. The molecule has 1 aliphatic rings. The molecule has 1 N–H and O–H groups in total. The third kappa shape index (κ3) is 3.76. The molecule has 0 bridgehead atoms. The molecule has 0 aliphatic heterocycles. The van der Waals surface area contributed by atoms with Gasteiger partial charge in [0.05, 0.1) is 6.10 Å². The summed E-state index contributed by atoms with van der Waals surface area (Å²) in [5.74, 6) is 2.10. The number of hydrogen-bond donors (Lipinski definition) is 1. The number of fused-ring (bicyclic) bond motifs is 1. The van der Waals surface area contributed by atoms with Crippen molar-refractivity contribution in [2.24, 2.45) is 11.8 Å². The van der Waals surface area contributed by atoms with Gasteiger partial charge in [0.2, 0.25) is 0 Å². The fraction of sp³-hybridized carbons (Fsp3) is 0.429. The summed E-state index contributed by atoms with van der Waals surface area (Å²) in [7, 11) is 0. The van der Waals surface area contributed by atoms with Crippen LogP contribution in [0.15, 0.2) is 48.5 Å². The van der Waals surface area contributed by atoms with Gasteiger partial charge in [-0.05, 0) is 53.9 Å². The highest BCUT2D eigenvalue weighted by atomic mass is 16.5. The van der Waals surface area contributed by atoms with Crippen LogP contribution in [0.25, 0.3) is 0 Å². The van der Waals surface area contributed by atoms with Crippen molar-refractivity contribution in [1.82, 2.24) is 0 Å². The lowest BCUT2D eigenvalue weighted by molar-refractivity contribution is 0.132. The van der Waals surface area contributed by atoms with Gasteiger partial charge in [-0.1, -0.05) is 56.3 Å².